The van der Waals surface area contributed by atoms with E-state index in [9.17, 15) is 4.79 Å². The molecule has 3 atom stereocenters. The van der Waals surface area contributed by atoms with E-state index in [1.54, 1.807) is 0 Å². The Balaban J connectivity index is 2.41. The lowest BCUT2D eigenvalue weighted by molar-refractivity contribution is -0.144. The molecule has 0 aliphatic carbocycles. The number of ether oxygens (including phenoxy) is 2. The molecule has 2 saturated heterocycles. The van der Waals surface area contributed by atoms with Crippen molar-refractivity contribution in [3.8, 4) is 0 Å². The van der Waals surface area contributed by atoms with Crippen LogP contribution in [-0.4, -0.2) is 55.1 Å². The van der Waals surface area contributed by atoms with Crippen LogP contribution in [0, 0.1) is 0 Å². The molecule has 2 rings (SSSR count). The van der Waals surface area contributed by atoms with Crippen molar-refractivity contribution in [1.82, 2.24) is 0 Å². The first-order valence-electron chi connectivity index (χ1n) is 10.7. The fraction of sp³-hybridized carbons (Fsp3) is 0.950. The van der Waals surface area contributed by atoms with Gasteiger partial charge in [-0.1, -0.05) is 55.4 Å². The summed E-state index contributed by atoms with van der Waals surface area (Å²) in [6.07, 6.45) is 0.482. The summed E-state index contributed by atoms with van der Waals surface area (Å²) in [5.74, 6) is -0.249. The van der Waals surface area contributed by atoms with Crippen molar-refractivity contribution in [3.63, 3.8) is 0 Å². The largest absolute Gasteiger partial charge is 0.469 e. The highest BCUT2D eigenvalue weighted by molar-refractivity contribution is 6.83. The van der Waals surface area contributed by atoms with E-state index in [1.165, 1.54) is 7.11 Å². The van der Waals surface area contributed by atoms with Crippen LogP contribution >= 0.6 is 0 Å². The molecule has 0 radical (unpaired) electrons. The number of hydrogen-bond donors (Lipinski definition) is 0. The van der Waals surface area contributed by atoms with Crippen molar-refractivity contribution >= 4 is 23.1 Å². The van der Waals surface area contributed by atoms with Crippen LogP contribution in [0.25, 0.3) is 0 Å². The molecule has 6 nitrogen and oxygen atoms in total. The molecule has 2 aliphatic rings. The number of rotatable bonds is 6. The lowest BCUT2D eigenvalue weighted by atomic mass is 10.1. The van der Waals surface area contributed by atoms with Gasteiger partial charge in [-0.2, -0.15) is 0 Å². The van der Waals surface area contributed by atoms with Gasteiger partial charge in [-0.05, 0) is 22.2 Å². The first kappa shape index (κ1) is 24.0. The Hall–Kier alpha value is -0.256. The average Bonchev–Trinajstić information content (AvgIpc) is 2.94. The highest BCUT2D eigenvalue weighted by Gasteiger charge is 2.60. The molecule has 0 bridgehead atoms. The minimum Gasteiger partial charge on any atom is -0.469 e. The maximum Gasteiger partial charge on any atom is 0.335 e. The molecule has 0 spiro atoms. The lowest BCUT2D eigenvalue weighted by Gasteiger charge is -2.51. The third kappa shape index (κ3) is 4.57. The van der Waals surface area contributed by atoms with Gasteiger partial charge in [0.05, 0.1) is 32.3 Å². The Labute approximate surface area is 173 Å². The molecular formula is C20H40O6Si2. The Bertz CT molecular complexity index is 521. The Morgan fingerprint density at radius 1 is 0.929 bits per heavy atom. The predicted octanol–water partition coefficient (Wildman–Crippen LogP) is 4.66. The quantitative estimate of drug-likeness (QED) is 0.449. The van der Waals surface area contributed by atoms with Gasteiger partial charge in [-0.3, -0.25) is 4.79 Å². The summed E-state index contributed by atoms with van der Waals surface area (Å²) in [6, 6.07) is 0. The topological polar surface area (TPSA) is 63.2 Å². The summed E-state index contributed by atoms with van der Waals surface area (Å²) in [5, 5.41) is 0. The second-order valence-corrected chi connectivity index (χ2v) is 18.3. The minimum absolute atomic E-state index is 0.0996. The minimum atomic E-state index is -2.60. The van der Waals surface area contributed by atoms with Crippen LogP contribution in [0.3, 0.4) is 0 Å². The summed E-state index contributed by atoms with van der Waals surface area (Å²) in [4.78, 5) is 11.8. The number of carbonyl (C=O) groups excluding carboxylic acids is 1. The summed E-state index contributed by atoms with van der Waals surface area (Å²) in [5.41, 5.74) is 1.20. The Morgan fingerprint density at radius 3 is 1.93 bits per heavy atom. The second kappa shape index (κ2) is 9.26. The van der Waals surface area contributed by atoms with Gasteiger partial charge in [0.1, 0.15) is 6.10 Å². The molecule has 164 valence electrons. The van der Waals surface area contributed by atoms with Gasteiger partial charge in [0.15, 0.2) is 0 Å². The Morgan fingerprint density at radius 2 is 1.46 bits per heavy atom. The zero-order valence-corrected chi connectivity index (χ0v) is 21.1. The summed E-state index contributed by atoms with van der Waals surface area (Å²) < 4.78 is 31.8. The van der Waals surface area contributed by atoms with E-state index in [0.717, 1.165) is 0 Å². The van der Waals surface area contributed by atoms with Crippen molar-refractivity contribution in [2.75, 3.05) is 13.7 Å². The molecule has 28 heavy (non-hydrogen) atoms. The fourth-order valence-corrected chi connectivity index (χ4v) is 15.9. The van der Waals surface area contributed by atoms with E-state index in [0.29, 0.717) is 35.2 Å². The normalized spacial score (nSPS) is 29.8. The predicted molar refractivity (Wildman–Crippen MR) is 114 cm³/mol. The molecule has 0 N–H and O–H groups in total. The first-order chi connectivity index (χ1) is 13.0. The summed E-state index contributed by atoms with van der Waals surface area (Å²) >= 11 is 0. The molecule has 2 heterocycles. The van der Waals surface area contributed by atoms with Crippen LogP contribution in [0.2, 0.25) is 22.2 Å². The zero-order chi connectivity index (χ0) is 21.3. The molecule has 2 fully saturated rings. The summed E-state index contributed by atoms with van der Waals surface area (Å²) in [6.45, 7) is 18.2. The van der Waals surface area contributed by atoms with Crippen LogP contribution in [0.5, 0.6) is 0 Å². The van der Waals surface area contributed by atoms with Gasteiger partial charge in [0, 0.05) is 6.42 Å². The molecule has 0 aromatic carbocycles. The number of carbonyl (C=O) groups is 1. The molecule has 2 aliphatic heterocycles. The maximum atomic E-state index is 11.8. The monoisotopic (exact) mass is 432 g/mol. The van der Waals surface area contributed by atoms with E-state index in [1.807, 2.05) is 0 Å². The van der Waals surface area contributed by atoms with Gasteiger partial charge in [-0.15, -0.1) is 0 Å². The smallest absolute Gasteiger partial charge is 0.335 e. The molecular weight excluding hydrogens is 392 g/mol. The standard InChI is InChI=1S/C20H40O6Si2/c1-13(2)27(14(3)4)23-12-19-18(10-17(24-19)11-20(21)22-9)25-28(26-27,15(5)6)16(7)8/h13-19H,10-12H2,1-9H3/t17-,18+,19-/m1/s1. The highest BCUT2D eigenvalue weighted by Crippen LogP contribution is 2.47. The number of fused-ring (bicyclic) bond motifs is 1. The van der Waals surface area contributed by atoms with Crippen molar-refractivity contribution in [2.45, 2.75) is 109 Å². The lowest BCUT2D eigenvalue weighted by Crippen LogP contribution is -2.65. The highest BCUT2D eigenvalue weighted by atomic mass is 28.5. The number of esters is 1. The molecule has 8 heteroatoms. The maximum absolute atomic E-state index is 11.8. The molecule has 0 unspecified atom stereocenters. The third-order valence-corrected chi connectivity index (χ3v) is 16.5. The van der Waals surface area contributed by atoms with Crippen LogP contribution < -0.4 is 0 Å². The average molecular weight is 433 g/mol. The van der Waals surface area contributed by atoms with Gasteiger partial charge in [-0.25, -0.2) is 0 Å². The second-order valence-electron chi connectivity index (χ2n) is 9.44. The van der Waals surface area contributed by atoms with Gasteiger partial charge in [0.2, 0.25) is 0 Å². The number of hydrogen-bond acceptors (Lipinski definition) is 6. The molecule has 0 aromatic heterocycles. The van der Waals surface area contributed by atoms with Crippen molar-refractivity contribution in [2.24, 2.45) is 0 Å². The summed E-state index contributed by atoms with van der Waals surface area (Å²) in [7, 11) is -3.73. The molecule has 0 saturated carbocycles. The van der Waals surface area contributed by atoms with Crippen LogP contribution in [0.4, 0.5) is 0 Å². The van der Waals surface area contributed by atoms with Gasteiger partial charge in [0.25, 0.3) is 0 Å². The van der Waals surface area contributed by atoms with Crippen molar-refractivity contribution in [3.05, 3.63) is 0 Å². The van der Waals surface area contributed by atoms with Crippen LogP contribution in [-0.2, 0) is 27.2 Å². The van der Waals surface area contributed by atoms with Crippen LogP contribution in [0.1, 0.15) is 68.2 Å². The molecule has 0 aromatic rings. The van der Waals surface area contributed by atoms with Crippen molar-refractivity contribution < 1.29 is 27.2 Å². The van der Waals surface area contributed by atoms with Gasteiger partial charge >= 0.3 is 23.1 Å². The number of methoxy groups -OCH3 is 1. The Kier molecular flexibility index (Phi) is 7.95. The third-order valence-electron chi connectivity index (χ3n) is 6.25. The van der Waals surface area contributed by atoms with Gasteiger partial charge < -0.3 is 22.4 Å². The SMILES string of the molecule is COC(=O)C[C@H]1C[C@@H]2O[Si](C(C)C)(C(C)C)O[Si](C(C)C)(C(C)C)OC[C@H]2O1. The fourth-order valence-electron chi connectivity index (χ4n) is 4.63. The van der Waals surface area contributed by atoms with E-state index >= 15 is 0 Å². The zero-order valence-electron chi connectivity index (χ0n) is 19.1. The van der Waals surface area contributed by atoms with E-state index in [4.69, 9.17) is 22.4 Å². The first-order valence-corrected chi connectivity index (χ1v) is 14.7. The van der Waals surface area contributed by atoms with E-state index < -0.39 is 17.1 Å². The molecule has 0 amide bonds. The van der Waals surface area contributed by atoms with E-state index in [2.05, 4.69) is 55.4 Å². The van der Waals surface area contributed by atoms with E-state index in [-0.39, 0.29) is 30.7 Å². The van der Waals surface area contributed by atoms with Crippen molar-refractivity contribution in [1.29, 1.82) is 0 Å². The van der Waals surface area contributed by atoms with Crippen LogP contribution in [0.15, 0.2) is 0 Å².